The highest BCUT2D eigenvalue weighted by Gasteiger charge is 2.42. The first kappa shape index (κ1) is 20.5. The van der Waals surface area contributed by atoms with E-state index in [1.165, 1.54) is 5.56 Å². The molecular formula is C24H25N3O2S2. The van der Waals surface area contributed by atoms with E-state index in [0.29, 0.717) is 0 Å². The van der Waals surface area contributed by atoms with Crippen molar-refractivity contribution in [1.82, 2.24) is 15.2 Å². The summed E-state index contributed by atoms with van der Waals surface area (Å²) >= 11 is 7.37. The molecule has 0 radical (unpaired) electrons. The lowest BCUT2D eigenvalue weighted by atomic mass is 10.0. The van der Waals surface area contributed by atoms with Gasteiger partial charge in [-0.2, -0.15) is 0 Å². The van der Waals surface area contributed by atoms with Crippen molar-refractivity contribution in [3.63, 3.8) is 0 Å². The quantitative estimate of drug-likeness (QED) is 0.511. The second kappa shape index (κ2) is 9.02. The van der Waals surface area contributed by atoms with Gasteiger partial charge in [0.25, 0.3) is 0 Å². The Morgan fingerprint density at radius 2 is 2.03 bits per heavy atom. The van der Waals surface area contributed by atoms with E-state index in [9.17, 15) is 0 Å². The molecule has 0 aliphatic carbocycles. The summed E-state index contributed by atoms with van der Waals surface area (Å²) in [7, 11) is 0. The molecule has 5 nitrogen and oxygen atoms in total. The first-order valence-corrected chi connectivity index (χ1v) is 11.8. The van der Waals surface area contributed by atoms with Crippen LogP contribution in [0.15, 0.2) is 75.2 Å². The van der Waals surface area contributed by atoms with Crippen LogP contribution in [0, 0.1) is 6.92 Å². The molecule has 4 heterocycles. The van der Waals surface area contributed by atoms with Crippen LogP contribution in [0.4, 0.5) is 0 Å². The predicted octanol–water partition coefficient (Wildman–Crippen LogP) is 5.29. The number of thiocarbonyl (C=S) groups is 1. The summed E-state index contributed by atoms with van der Waals surface area (Å²) in [5, 5.41) is 5.07. The number of nitrogens with one attached hydrogen (secondary N) is 1. The van der Waals surface area contributed by atoms with E-state index in [0.717, 1.165) is 52.5 Å². The van der Waals surface area contributed by atoms with Gasteiger partial charge in [-0.05, 0) is 68.4 Å². The Kier molecular flexibility index (Phi) is 5.98. The van der Waals surface area contributed by atoms with Gasteiger partial charge in [0.05, 0.1) is 17.8 Å². The van der Waals surface area contributed by atoms with E-state index >= 15 is 0 Å². The van der Waals surface area contributed by atoms with Gasteiger partial charge < -0.3 is 19.4 Å². The molecule has 1 aromatic carbocycles. The first-order valence-electron chi connectivity index (χ1n) is 10.6. The third kappa shape index (κ3) is 4.49. The maximum absolute atomic E-state index is 6.35. The molecule has 0 saturated carbocycles. The van der Waals surface area contributed by atoms with Crippen molar-refractivity contribution >= 4 is 29.1 Å². The molecule has 3 aromatic rings. The van der Waals surface area contributed by atoms with Gasteiger partial charge in [-0.3, -0.25) is 4.98 Å². The number of hydrogen-bond donors (Lipinski definition) is 1. The van der Waals surface area contributed by atoms with E-state index in [1.54, 1.807) is 11.8 Å². The molecule has 2 aliphatic rings. The molecule has 2 saturated heterocycles. The molecule has 2 fully saturated rings. The van der Waals surface area contributed by atoms with E-state index in [4.69, 9.17) is 21.4 Å². The highest BCUT2D eigenvalue weighted by molar-refractivity contribution is 7.99. The predicted molar refractivity (Wildman–Crippen MR) is 125 cm³/mol. The molecular weight excluding hydrogens is 426 g/mol. The summed E-state index contributed by atoms with van der Waals surface area (Å²) in [6, 6.07) is 18.4. The molecule has 0 spiro atoms. The molecule has 160 valence electrons. The molecule has 0 bridgehead atoms. The molecule has 7 heteroatoms. The third-order valence-corrected chi connectivity index (χ3v) is 7.04. The Hall–Kier alpha value is -2.35. The molecule has 0 unspecified atom stereocenters. The highest BCUT2D eigenvalue weighted by Crippen LogP contribution is 2.41. The molecule has 5 rings (SSSR count). The maximum atomic E-state index is 6.35. The summed E-state index contributed by atoms with van der Waals surface area (Å²) in [6.45, 7) is 3.67. The Morgan fingerprint density at radius 3 is 2.77 bits per heavy atom. The van der Waals surface area contributed by atoms with Gasteiger partial charge in [-0.1, -0.05) is 35.5 Å². The van der Waals surface area contributed by atoms with Gasteiger partial charge in [0.15, 0.2) is 10.2 Å². The highest BCUT2D eigenvalue weighted by atomic mass is 32.2. The Balaban J connectivity index is 1.43. The van der Waals surface area contributed by atoms with Crippen molar-refractivity contribution in [1.29, 1.82) is 0 Å². The van der Waals surface area contributed by atoms with Crippen LogP contribution >= 0.6 is 24.0 Å². The van der Waals surface area contributed by atoms with Crippen molar-refractivity contribution < 1.29 is 9.15 Å². The van der Waals surface area contributed by atoms with Crippen molar-refractivity contribution in [3.05, 3.63) is 77.8 Å². The second-order valence-corrected chi connectivity index (χ2v) is 9.45. The smallest absolute Gasteiger partial charge is 0.170 e. The molecule has 0 amide bonds. The summed E-state index contributed by atoms with van der Waals surface area (Å²) in [5.41, 5.74) is 2.20. The van der Waals surface area contributed by atoms with Crippen molar-refractivity contribution in [3.8, 4) is 0 Å². The average Bonchev–Trinajstić information content (AvgIpc) is 3.52. The van der Waals surface area contributed by atoms with E-state index in [2.05, 4.69) is 52.5 Å². The zero-order valence-corrected chi connectivity index (χ0v) is 19.0. The van der Waals surface area contributed by atoms with Crippen LogP contribution in [0.25, 0.3) is 0 Å². The Bertz CT molecular complexity index is 1030. The minimum absolute atomic E-state index is 0.0704. The van der Waals surface area contributed by atoms with Gasteiger partial charge in [0.1, 0.15) is 11.8 Å². The van der Waals surface area contributed by atoms with Crippen molar-refractivity contribution in [2.45, 2.75) is 47.9 Å². The summed E-state index contributed by atoms with van der Waals surface area (Å²) < 4.78 is 12.3. The zero-order valence-electron chi connectivity index (χ0n) is 17.4. The lowest BCUT2D eigenvalue weighted by molar-refractivity contribution is 0.0812. The minimum atomic E-state index is -0.0709. The third-order valence-electron chi connectivity index (χ3n) is 5.76. The number of rotatable bonds is 6. The van der Waals surface area contributed by atoms with Crippen LogP contribution in [0.3, 0.4) is 0 Å². The van der Waals surface area contributed by atoms with Gasteiger partial charge in [-0.15, -0.1) is 0 Å². The van der Waals surface area contributed by atoms with Crippen molar-refractivity contribution in [2.75, 3.05) is 13.2 Å². The Labute approximate surface area is 192 Å². The number of benzene rings is 1. The number of nitrogens with zero attached hydrogens (tertiary/aromatic N) is 2. The standard InChI is InChI=1S/C24H25N3O2S2/c1-16-7-9-18(10-8-16)31-21-12-11-20(29-21)23-22(19-6-2-3-13-25-19)26-24(30)27(23)15-17-5-4-14-28-17/h2-3,6-13,17,22-23H,4-5,14-15H2,1H3,(H,26,30)/t17-,22+,23+/m0/s1. The SMILES string of the molecule is Cc1ccc(Sc2ccc([C@@H]3[C@@H](c4ccccn4)NC(=S)N3C[C@@H]3CCCO3)o2)cc1. The van der Waals surface area contributed by atoms with Gasteiger partial charge in [0, 0.05) is 24.2 Å². The maximum Gasteiger partial charge on any atom is 0.170 e. The number of hydrogen-bond acceptors (Lipinski definition) is 5. The largest absolute Gasteiger partial charge is 0.452 e. The number of aryl methyl sites for hydroxylation is 1. The lowest BCUT2D eigenvalue weighted by Gasteiger charge is -2.28. The fraction of sp³-hybridized carbons (Fsp3) is 0.333. The summed E-state index contributed by atoms with van der Waals surface area (Å²) in [6.07, 6.45) is 4.18. The zero-order chi connectivity index (χ0) is 21.2. The average molecular weight is 452 g/mol. The topological polar surface area (TPSA) is 50.5 Å². The molecule has 3 atom stereocenters. The van der Waals surface area contributed by atoms with Crippen LogP contribution in [-0.4, -0.2) is 34.3 Å². The van der Waals surface area contributed by atoms with E-state index < -0.39 is 0 Å². The lowest BCUT2D eigenvalue weighted by Crippen LogP contribution is -2.36. The molecule has 31 heavy (non-hydrogen) atoms. The number of ether oxygens (including phenoxy) is 1. The first-order chi connectivity index (χ1) is 15.2. The monoisotopic (exact) mass is 451 g/mol. The molecule has 2 aromatic heterocycles. The van der Waals surface area contributed by atoms with Gasteiger partial charge in [0.2, 0.25) is 0 Å². The number of aromatic nitrogens is 1. The second-order valence-electron chi connectivity index (χ2n) is 7.99. The van der Waals surface area contributed by atoms with Crippen LogP contribution in [0.2, 0.25) is 0 Å². The fourth-order valence-electron chi connectivity index (χ4n) is 4.19. The van der Waals surface area contributed by atoms with Crippen LogP contribution in [-0.2, 0) is 4.74 Å². The Morgan fingerprint density at radius 1 is 1.16 bits per heavy atom. The normalized spacial score (nSPS) is 23.3. The van der Waals surface area contributed by atoms with Gasteiger partial charge >= 0.3 is 0 Å². The molecule has 1 N–H and O–H groups in total. The summed E-state index contributed by atoms with van der Waals surface area (Å²) in [4.78, 5) is 7.96. The van der Waals surface area contributed by atoms with Crippen LogP contribution < -0.4 is 5.32 Å². The molecule has 2 aliphatic heterocycles. The fourth-order valence-corrected chi connectivity index (χ4v) is 5.28. The van der Waals surface area contributed by atoms with Crippen LogP contribution in [0.5, 0.6) is 0 Å². The number of pyridine rings is 1. The van der Waals surface area contributed by atoms with E-state index in [-0.39, 0.29) is 18.2 Å². The summed E-state index contributed by atoms with van der Waals surface area (Å²) in [5.74, 6) is 0.885. The van der Waals surface area contributed by atoms with Crippen LogP contribution in [0.1, 0.15) is 41.9 Å². The minimum Gasteiger partial charge on any atom is -0.452 e. The van der Waals surface area contributed by atoms with Gasteiger partial charge in [-0.25, -0.2) is 0 Å². The van der Waals surface area contributed by atoms with E-state index in [1.807, 2.05) is 30.5 Å². The van der Waals surface area contributed by atoms with Crippen molar-refractivity contribution in [2.24, 2.45) is 0 Å². The number of furan rings is 1.